The molecule has 2 heterocycles. The van der Waals surface area contributed by atoms with Gasteiger partial charge in [-0.05, 0) is 48.7 Å². The van der Waals surface area contributed by atoms with Crippen molar-refractivity contribution < 1.29 is 14.3 Å². The van der Waals surface area contributed by atoms with E-state index in [1.165, 1.54) is 0 Å². The van der Waals surface area contributed by atoms with Gasteiger partial charge in [-0.1, -0.05) is 13.0 Å². The van der Waals surface area contributed by atoms with Crippen LogP contribution in [0.1, 0.15) is 41.5 Å². The van der Waals surface area contributed by atoms with E-state index in [1.807, 2.05) is 44.2 Å². The molecule has 1 atom stereocenters. The van der Waals surface area contributed by atoms with E-state index in [1.54, 1.807) is 0 Å². The number of hydrazone groups is 1. The number of anilines is 1. The first-order chi connectivity index (χ1) is 12.1. The maximum Gasteiger partial charge on any atom is 0.247 e. The smallest absolute Gasteiger partial charge is 0.247 e. The Morgan fingerprint density at radius 1 is 1.24 bits per heavy atom. The minimum atomic E-state index is -0.291. The number of nitrogen functional groups attached to an aromatic ring is 1. The zero-order valence-electron chi connectivity index (χ0n) is 14.1. The highest BCUT2D eigenvalue weighted by Crippen LogP contribution is 2.40. The van der Waals surface area contributed by atoms with E-state index in [9.17, 15) is 4.79 Å². The molecular formula is C19H19N3O3. The van der Waals surface area contributed by atoms with Gasteiger partial charge in [0.2, 0.25) is 12.7 Å². The molecule has 0 saturated carbocycles. The fraction of sp³-hybridized carbons (Fsp3) is 0.263. The summed E-state index contributed by atoms with van der Waals surface area (Å²) in [6.07, 6.45) is 0.669. The lowest BCUT2D eigenvalue weighted by atomic mass is 9.87. The lowest BCUT2D eigenvalue weighted by Crippen LogP contribution is -2.23. The van der Waals surface area contributed by atoms with Crippen LogP contribution in [0.5, 0.6) is 11.5 Å². The first kappa shape index (κ1) is 15.5. The second kappa shape index (κ2) is 5.81. The number of rotatable bonds is 2. The van der Waals surface area contributed by atoms with E-state index < -0.39 is 0 Å². The number of ether oxygens (including phenoxy) is 2. The molecule has 25 heavy (non-hydrogen) atoms. The van der Waals surface area contributed by atoms with Gasteiger partial charge in [-0.25, -0.2) is 5.43 Å². The predicted octanol–water partition coefficient (Wildman–Crippen LogP) is 2.68. The van der Waals surface area contributed by atoms with Crippen molar-refractivity contribution in [2.75, 3.05) is 12.5 Å². The van der Waals surface area contributed by atoms with Crippen molar-refractivity contribution in [2.24, 2.45) is 5.10 Å². The molecule has 6 nitrogen and oxygen atoms in total. The molecular weight excluding hydrogens is 318 g/mol. The van der Waals surface area contributed by atoms with Crippen molar-refractivity contribution in [3.05, 3.63) is 52.6 Å². The van der Waals surface area contributed by atoms with E-state index in [-0.39, 0.29) is 18.6 Å². The van der Waals surface area contributed by atoms with Gasteiger partial charge in [-0.3, -0.25) is 4.79 Å². The van der Waals surface area contributed by atoms with Crippen LogP contribution in [-0.4, -0.2) is 18.4 Å². The number of hydrogen-bond acceptors (Lipinski definition) is 5. The molecule has 0 aliphatic carbocycles. The Morgan fingerprint density at radius 2 is 2.00 bits per heavy atom. The lowest BCUT2D eigenvalue weighted by Gasteiger charge is -2.16. The van der Waals surface area contributed by atoms with Crippen molar-refractivity contribution in [2.45, 2.75) is 26.2 Å². The van der Waals surface area contributed by atoms with Crippen LogP contribution in [0.25, 0.3) is 0 Å². The van der Waals surface area contributed by atoms with Gasteiger partial charge in [0, 0.05) is 16.8 Å². The standard InChI is InChI=1S/C19H19N3O3/c1-3-12-13-7-16-17(25-9-24-16)8-14(13)18(21-22-19(12)23)11-4-5-15(20)10(2)6-11/h4-8,12H,3,9,20H2,1-2H3,(H,22,23). The van der Waals surface area contributed by atoms with E-state index in [0.717, 1.165) is 27.9 Å². The predicted molar refractivity (Wildman–Crippen MR) is 95.0 cm³/mol. The molecule has 0 radical (unpaired) electrons. The molecule has 6 heteroatoms. The Kier molecular flexibility index (Phi) is 3.60. The van der Waals surface area contributed by atoms with Gasteiger partial charge in [0.15, 0.2) is 11.5 Å². The molecule has 0 saturated heterocycles. The van der Waals surface area contributed by atoms with Gasteiger partial charge < -0.3 is 15.2 Å². The van der Waals surface area contributed by atoms with Gasteiger partial charge in [0.1, 0.15) is 0 Å². The Hall–Kier alpha value is -3.02. The van der Waals surface area contributed by atoms with Gasteiger partial charge in [0.05, 0.1) is 11.6 Å². The van der Waals surface area contributed by atoms with Crippen molar-refractivity contribution in [1.29, 1.82) is 0 Å². The number of aryl methyl sites for hydroxylation is 1. The van der Waals surface area contributed by atoms with Crippen LogP contribution >= 0.6 is 0 Å². The number of amides is 1. The quantitative estimate of drug-likeness (QED) is 0.825. The number of nitrogens with two attached hydrogens (primary N) is 1. The zero-order chi connectivity index (χ0) is 17.6. The van der Waals surface area contributed by atoms with Crippen LogP contribution < -0.4 is 20.6 Å². The summed E-state index contributed by atoms with van der Waals surface area (Å²) in [6.45, 7) is 4.12. The molecule has 1 unspecified atom stereocenters. The van der Waals surface area contributed by atoms with Crippen LogP contribution in [0, 0.1) is 6.92 Å². The van der Waals surface area contributed by atoms with E-state index >= 15 is 0 Å². The average molecular weight is 337 g/mol. The fourth-order valence-electron chi connectivity index (χ4n) is 3.29. The number of nitrogens with one attached hydrogen (secondary N) is 1. The first-order valence-corrected chi connectivity index (χ1v) is 8.26. The van der Waals surface area contributed by atoms with Crippen molar-refractivity contribution in [3.8, 4) is 11.5 Å². The minimum Gasteiger partial charge on any atom is -0.454 e. The van der Waals surface area contributed by atoms with E-state index in [2.05, 4.69) is 10.5 Å². The summed E-state index contributed by atoms with van der Waals surface area (Å²) in [6, 6.07) is 9.54. The summed E-state index contributed by atoms with van der Waals surface area (Å²) in [7, 11) is 0. The Bertz CT molecular complexity index is 905. The normalized spacial score (nSPS) is 18.2. The summed E-state index contributed by atoms with van der Waals surface area (Å²) in [4.78, 5) is 12.5. The molecule has 3 N–H and O–H groups in total. The fourth-order valence-corrected chi connectivity index (χ4v) is 3.29. The molecule has 1 amide bonds. The number of hydrogen-bond donors (Lipinski definition) is 2. The molecule has 2 aromatic rings. The second-order valence-electron chi connectivity index (χ2n) is 6.26. The number of benzene rings is 2. The molecule has 0 aromatic heterocycles. The van der Waals surface area contributed by atoms with Crippen LogP contribution in [0.3, 0.4) is 0 Å². The molecule has 0 bridgehead atoms. The molecule has 2 aliphatic rings. The van der Waals surface area contributed by atoms with Gasteiger partial charge in [-0.15, -0.1) is 0 Å². The number of carbonyl (C=O) groups excluding carboxylic acids is 1. The SMILES string of the molecule is CCC1C(=O)NN=C(c2ccc(N)c(C)c2)c2cc3c(cc21)OCO3. The Labute approximate surface area is 145 Å². The Morgan fingerprint density at radius 3 is 2.72 bits per heavy atom. The summed E-state index contributed by atoms with van der Waals surface area (Å²) in [5, 5.41) is 4.39. The van der Waals surface area contributed by atoms with E-state index in [0.29, 0.717) is 23.6 Å². The number of fused-ring (bicyclic) bond motifs is 2. The molecule has 4 rings (SSSR count). The molecule has 2 aromatic carbocycles. The summed E-state index contributed by atoms with van der Waals surface area (Å²) in [5.41, 5.74) is 13.7. The van der Waals surface area contributed by atoms with Gasteiger partial charge >= 0.3 is 0 Å². The number of nitrogens with zero attached hydrogens (tertiary/aromatic N) is 1. The second-order valence-corrected chi connectivity index (χ2v) is 6.26. The van der Waals surface area contributed by atoms with Crippen molar-refractivity contribution in [1.82, 2.24) is 5.43 Å². The maximum atomic E-state index is 12.5. The highest BCUT2D eigenvalue weighted by atomic mass is 16.7. The van der Waals surface area contributed by atoms with Crippen LogP contribution in [0.15, 0.2) is 35.4 Å². The van der Waals surface area contributed by atoms with Crippen molar-refractivity contribution >= 4 is 17.3 Å². The highest BCUT2D eigenvalue weighted by molar-refractivity contribution is 6.16. The Balaban J connectivity index is 1.93. The summed E-state index contributed by atoms with van der Waals surface area (Å²) in [5.74, 6) is 0.924. The largest absolute Gasteiger partial charge is 0.454 e. The summed E-state index contributed by atoms with van der Waals surface area (Å²) < 4.78 is 11.0. The third kappa shape index (κ3) is 2.50. The maximum absolute atomic E-state index is 12.5. The van der Waals surface area contributed by atoms with Gasteiger partial charge in [0.25, 0.3) is 0 Å². The summed E-state index contributed by atoms with van der Waals surface area (Å²) >= 11 is 0. The molecule has 0 fully saturated rings. The lowest BCUT2D eigenvalue weighted by molar-refractivity contribution is -0.122. The monoisotopic (exact) mass is 337 g/mol. The van der Waals surface area contributed by atoms with Crippen molar-refractivity contribution in [3.63, 3.8) is 0 Å². The topological polar surface area (TPSA) is 85.9 Å². The average Bonchev–Trinajstić information content (AvgIpc) is 3.00. The third-order valence-corrected chi connectivity index (χ3v) is 4.72. The minimum absolute atomic E-state index is 0.121. The van der Waals surface area contributed by atoms with Crippen LogP contribution in [0.2, 0.25) is 0 Å². The zero-order valence-corrected chi connectivity index (χ0v) is 14.1. The van der Waals surface area contributed by atoms with E-state index in [4.69, 9.17) is 15.2 Å². The molecule has 128 valence electrons. The van der Waals surface area contributed by atoms with Crippen LogP contribution in [-0.2, 0) is 4.79 Å². The first-order valence-electron chi connectivity index (χ1n) is 8.26. The number of carbonyl (C=O) groups is 1. The molecule has 0 spiro atoms. The molecule has 2 aliphatic heterocycles. The highest BCUT2D eigenvalue weighted by Gasteiger charge is 2.30. The van der Waals surface area contributed by atoms with Crippen LogP contribution in [0.4, 0.5) is 5.69 Å². The van der Waals surface area contributed by atoms with Gasteiger partial charge in [-0.2, -0.15) is 5.10 Å². The third-order valence-electron chi connectivity index (χ3n) is 4.72.